The first kappa shape index (κ1) is 33.5. The predicted octanol–water partition coefficient (Wildman–Crippen LogP) is 11.1. The highest BCUT2D eigenvalue weighted by Gasteiger charge is 2.01. The lowest BCUT2D eigenvalue weighted by Crippen LogP contribution is -2.23. The van der Waals surface area contributed by atoms with Gasteiger partial charge in [-0.2, -0.15) is 0 Å². The number of nitrogens with one attached hydrogen (secondary N) is 1. The van der Waals surface area contributed by atoms with E-state index in [-0.39, 0.29) is 5.91 Å². The highest BCUT2D eigenvalue weighted by atomic mass is 16.1. The maximum absolute atomic E-state index is 12.0. The number of hydrogen-bond donors (Lipinski definition) is 1. The average molecular weight is 480 g/mol. The molecule has 0 aliphatic rings. The van der Waals surface area contributed by atoms with Crippen LogP contribution in [0.25, 0.3) is 0 Å². The minimum Gasteiger partial charge on any atom is -0.356 e. The summed E-state index contributed by atoms with van der Waals surface area (Å²) in [6, 6.07) is 0. The molecule has 1 amide bonds. The van der Waals surface area contributed by atoms with Gasteiger partial charge in [-0.1, -0.05) is 174 Å². The second kappa shape index (κ2) is 30.5. The quantitative estimate of drug-likeness (QED) is 0.106. The van der Waals surface area contributed by atoms with E-state index in [1.165, 1.54) is 161 Å². The number of rotatable bonds is 29. The smallest absolute Gasteiger partial charge is 0.219 e. The summed E-state index contributed by atoms with van der Waals surface area (Å²) in [4.78, 5) is 12.0. The third-order valence-electron chi connectivity index (χ3n) is 7.36. The molecule has 0 spiro atoms. The Labute approximate surface area is 216 Å². The SMILES string of the molecule is CCCCCCCCCCCCCCCCNC(=O)CCCCCCCCCCCCCCC. The molecular weight excluding hydrogens is 414 g/mol. The molecule has 0 aromatic rings. The molecule has 0 aromatic carbocycles. The number of carbonyl (C=O) groups excluding carboxylic acids is 1. The minimum atomic E-state index is 0.276. The van der Waals surface area contributed by atoms with Crippen LogP contribution in [0.5, 0.6) is 0 Å². The first-order valence-electron chi connectivity index (χ1n) is 16.1. The largest absolute Gasteiger partial charge is 0.356 e. The van der Waals surface area contributed by atoms with Crippen LogP contribution in [0.1, 0.15) is 194 Å². The first-order chi connectivity index (χ1) is 16.8. The van der Waals surface area contributed by atoms with Gasteiger partial charge in [0, 0.05) is 13.0 Å². The monoisotopic (exact) mass is 480 g/mol. The minimum absolute atomic E-state index is 0.276. The van der Waals surface area contributed by atoms with Crippen LogP contribution in [-0.2, 0) is 4.79 Å². The highest BCUT2D eigenvalue weighted by molar-refractivity contribution is 5.75. The van der Waals surface area contributed by atoms with E-state index in [0.29, 0.717) is 0 Å². The first-order valence-corrected chi connectivity index (χ1v) is 16.1. The van der Waals surface area contributed by atoms with Gasteiger partial charge in [-0.05, 0) is 12.8 Å². The fourth-order valence-electron chi connectivity index (χ4n) is 4.94. The lowest BCUT2D eigenvalue weighted by Gasteiger charge is -2.06. The van der Waals surface area contributed by atoms with Gasteiger partial charge in [0.1, 0.15) is 0 Å². The maximum Gasteiger partial charge on any atom is 0.219 e. The van der Waals surface area contributed by atoms with Gasteiger partial charge in [0.2, 0.25) is 5.91 Å². The number of unbranched alkanes of at least 4 members (excludes halogenated alkanes) is 25. The summed E-state index contributed by atoms with van der Waals surface area (Å²) in [5.41, 5.74) is 0. The summed E-state index contributed by atoms with van der Waals surface area (Å²) in [6.45, 7) is 5.46. The Kier molecular flexibility index (Phi) is 30.0. The molecule has 1 N–H and O–H groups in total. The van der Waals surface area contributed by atoms with Gasteiger partial charge >= 0.3 is 0 Å². The van der Waals surface area contributed by atoms with E-state index in [1.807, 2.05) is 0 Å². The van der Waals surface area contributed by atoms with Crippen molar-refractivity contribution in [3.63, 3.8) is 0 Å². The van der Waals surface area contributed by atoms with Gasteiger partial charge in [0.15, 0.2) is 0 Å². The lowest BCUT2D eigenvalue weighted by atomic mass is 10.0. The molecule has 0 rings (SSSR count). The molecule has 0 heterocycles. The molecule has 2 heteroatoms. The molecule has 0 radical (unpaired) electrons. The summed E-state index contributed by atoms with van der Waals surface area (Å²) in [5, 5.41) is 3.13. The topological polar surface area (TPSA) is 29.1 Å². The molecular formula is C32H65NO. The van der Waals surface area contributed by atoms with E-state index in [0.717, 1.165) is 25.8 Å². The Morgan fingerprint density at radius 1 is 0.382 bits per heavy atom. The Bertz CT molecular complexity index is 381. The van der Waals surface area contributed by atoms with Crippen molar-refractivity contribution in [1.82, 2.24) is 5.32 Å². The van der Waals surface area contributed by atoms with Crippen molar-refractivity contribution in [3.8, 4) is 0 Å². The lowest BCUT2D eigenvalue weighted by molar-refractivity contribution is -0.121. The van der Waals surface area contributed by atoms with E-state index >= 15 is 0 Å². The standard InChI is InChI=1S/C32H65NO/c1-3-5-7-9-11-13-15-17-19-21-23-25-27-29-31-33-32(34)30-28-26-24-22-20-18-16-14-12-10-8-6-4-2/h3-31H2,1-2H3,(H,33,34). The van der Waals surface area contributed by atoms with Crippen LogP contribution in [0.15, 0.2) is 0 Å². The van der Waals surface area contributed by atoms with Gasteiger partial charge in [0.05, 0.1) is 0 Å². The molecule has 0 aromatic heterocycles. The molecule has 0 saturated carbocycles. The van der Waals surface area contributed by atoms with Gasteiger partial charge < -0.3 is 5.32 Å². The van der Waals surface area contributed by atoms with E-state index in [1.54, 1.807) is 0 Å². The van der Waals surface area contributed by atoms with Crippen molar-refractivity contribution in [3.05, 3.63) is 0 Å². The summed E-state index contributed by atoms with van der Waals surface area (Å²) in [6.07, 6.45) is 37.8. The van der Waals surface area contributed by atoms with E-state index in [9.17, 15) is 4.79 Å². The van der Waals surface area contributed by atoms with Gasteiger partial charge in [0.25, 0.3) is 0 Å². The Morgan fingerprint density at radius 2 is 0.647 bits per heavy atom. The fraction of sp³-hybridized carbons (Fsp3) is 0.969. The molecule has 0 saturated heterocycles. The van der Waals surface area contributed by atoms with E-state index in [2.05, 4.69) is 19.2 Å². The maximum atomic E-state index is 12.0. The average Bonchev–Trinajstić information content (AvgIpc) is 2.84. The van der Waals surface area contributed by atoms with Crippen LogP contribution in [0.3, 0.4) is 0 Å². The van der Waals surface area contributed by atoms with Crippen molar-refractivity contribution >= 4 is 5.91 Å². The zero-order valence-electron chi connectivity index (χ0n) is 23.9. The van der Waals surface area contributed by atoms with Crippen LogP contribution in [0.4, 0.5) is 0 Å². The highest BCUT2D eigenvalue weighted by Crippen LogP contribution is 2.14. The summed E-state index contributed by atoms with van der Waals surface area (Å²) >= 11 is 0. The van der Waals surface area contributed by atoms with Crippen molar-refractivity contribution in [2.24, 2.45) is 0 Å². The van der Waals surface area contributed by atoms with Crippen molar-refractivity contribution in [2.45, 2.75) is 194 Å². The van der Waals surface area contributed by atoms with Crippen LogP contribution < -0.4 is 5.32 Å². The van der Waals surface area contributed by atoms with E-state index in [4.69, 9.17) is 0 Å². The Balaban J connectivity index is 3.14. The molecule has 0 aliphatic heterocycles. The predicted molar refractivity (Wildman–Crippen MR) is 154 cm³/mol. The second-order valence-corrected chi connectivity index (χ2v) is 10.9. The van der Waals surface area contributed by atoms with Crippen molar-refractivity contribution in [1.29, 1.82) is 0 Å². The Hall–Kier alpha value is -0.530. The molecule has 0 aliphatic carbocycles. The van der Waals surface area contributed by atoms with Crippen LogP contribution >= 0.6 is 0 Å². The zero-order chi connectivity index (χ0) is 24.8. The van der Waals surface area contributed by atoms with Gasteiger partial charge in [-0.15, -0.1) is 0 Å². The number of hydrogen-bond acceptors (Lipinski definition) is 1. The Morgan fingerprint density at radius 3 is 0.971 bits per heavy atom. The molecule has 0 bridgehead atoms. The summed E-state index contributed by atoms with van der Waals surface area (Å²) in [5.74, 6) is 0.276. The molecule has 2 nitrogen and oxygen atoms in total. The molecule has 34 heavy (non-hydrogen) atoms. The summed E-state index contributed by atoms with van der Waals surface area (Å²) < 4.78 is 0. The zero-order valence-corrected chi connectivity index (χ0v) is 23.9. The fourth-order valence-corrected chi connectivity index (χ4v) is 4.94. The molecule has 0 unspecified atom stereocenters. The summed E-state index contributed by atoms with van der Waals surface area (Å²) in [7, 11) is 0. The van der Waals surface area contributed by atoms with Crippen molar-refractivity contribution in [2.75, 3.05) is 6.54 Å². The van der Waals surface area contributed by atoms with Crippen molar-refractivity contribution < 1.29 is 4.79 Å². The second-order valence-electron chi connectivity index (χ2n) is 10.9. The normalized spacial score (nSPS) is 11.2. The molecule has 0 fully saturated rings. The van der Waals surface area contributed by atoms with Gasteiger partial charge in [-0.25, -0.2) is 0 Å². The molecule has 0 atom stereocenters. The molecule has 204 valence electrons. The van der Waals surface area contributed by atoms with Crippen LogP contribution in [-0.4, -0.2) is 12.5 Å². The third kappa shape index (κ3) is 29.5. The van der Waals surface area contributed by atoms with E-state index < -0.39 is 0 Å². The van der Waals surface area contributed by atoms with Crippen LogP contribution in [0.2, 0.25) is 0 Å². The van der Waals surface area contributed by atoms with Gasteiger partial charge in [-0.3, -0.25) is 4.79 Å². The number of carbonyl (C=O) groups is 1. The third-order valence-corrected chi connectivity index (χ3v) is 7.36. The van der Waals surface area contributed by atoms with Crippen LogP contribution in [0, 0.1) is 0 Å². The number of amides is 1.